The number of hydrogen-bond donors (Lipinski definition) is 1. The predicted octanol–water partition coefficient (Wildman–Crippen LogP) is 6.43. The van der Waals surface area contributed by atoms with E-state index in [0.717, 1.165) is 14.9 Å². The maximum Gasteiger partial charge on any atom is 0.335 e. The summed E-state index contributed by atoms with van der Waals surface area (Å²) < 4.78 is 13.0. The van der Waals surface area contributed by atoms with Crippen LogP contribution in [0.3, 0.4) is 0 Å². The van der Waals surface area contributed by atoms with Crippen LogP contribution < -0.4 is 19.7 Å². The molecular formula is C26H19Br2ClN2O5. The summed E-state index contributed by atoms with van der Waals surface area (Å²) in [6.07, 6.45) is 1.39. The van der Waals surface area contributed by atoms with Gasteiger partial charge in [-0.1, -0.05) is 51.8 Å². The number of aryl methyl sites for hydroxylation is 1. The Hall–Kier alpha value is -3.14. The Labute approximate surface area is 229 Å². The van der Waals surface area contributed by atoms with Crippen molar-refractivity contribution in [3.05, 3.63) is 90.8 Å². The minimum absolute atomic E-state index is 0.218. The lowest BCUT2D eigenvalue weighted by Crippen LogP contribution is -2.54. The Morgan fingerprint density at radius 3 is 2.50 bits per heavy atom. The van der Waals surface area contributed by atoms with Gasteiger partial charge in [0.1, 0.15) is 12.2 Å². The van der Waals surface area contributed by atoms with Crippen LogP contribution in [0.4, 0.5) is 10.5 Å². The SMILES string of the molecule is COc1cc(/C=C2\C(=O)NC(=O)N(c3cc(Cl)ccc3C)C2=O)cc(Br)c1OCc1ccccc1Br. The van der Waals surface area contributed by atoms with Crippen LogP contribution in [0.2, 0.25) is 5.02 Å². The van der Waals surface area contributed by atoms with Crippen molar-refractivity contribution in [2.24, 2.45) is 0 Å². The van der Waals surface area contributed by atoms with Crippen LogP contribution in [0.5, 0.6) is 11.5 Å². The summed E-state index contributed by atoms with van der Waals surface area (Å²) >= 11 is 13.1. The third-order valence-electron chi connectivity index (χ3n) is 5.41. The standard InChI is InChI=1S/C26H19Br2ClN2O5/c1-14-7-8-17(29)12-21(14)31-25(33)18(24(32)30-26(31)34)9-15-10-20(28)23(22(11-15)35-2)36-13-16-5-3-4-6-19(16)27/h3-12H,13H2,1-2H3,(H,30,32,34)/b18-9+. The number of methoxy groups -OCH3 is 1. The lowest BCUT2D eigenvalue weighted by atomic mass is 10.1. The number of rotatable bonds is 6. The number of anilines is 1. The molecule has 7 nitrogen and oxygen atoms in total. The van der Waals surface area contributed by atoms with E-state index in [1.807, 2.05) is 24.3 Å². The fraction of sp³-hybridized carbons (Fsp3) is 0.115. The van der Waals surface area contributed by atoms with Gasteiger partial charge in [0.05, 0.1) is 17.3 Å². The van der Waals surface area contributed by atoms with Gasteiger partial charge in [0, 0.05) is 15.1 Å². The molecule has 184 valence electrons. The fourth-order valence-corrected chi connectivity index (χ4v) is 4.73. The van der Waals surface area contributed by atoms with E-state index in [0.29, 0.717) is 32.1 Å². The molecule has 1 aliphatic rings. The number of ether oxygens (including phenoxy) is 2. The maximum atomic E-state index is 13.3. The third kappa shape index (κ3) is 5.33. The van der Waals surface area contributed by atoms with Crippen molar-refractivity contribution in [1.29, 1.82) is 0 Å². The summed E-state index contributed by atoms with van der Waals surface area (Å²) in [4.78, 5) is 39.3. The van der Waals surface area contributed by atoms with Gasteiger partial charge in [-0.2, -0.15) is 0 Å². The van der Waals surface area contributed by atoms with Gasteiger partial charge in [-0.15, -0.1) is 0 Å². The van der Waals surface area contributed by atoms with E-state index in [1.165, 1.54) is 19.3 Å². The number of urea groups is 1. The molecule has 4 amide bonds. The van der Waals surface area contributed by atoms with Crippen molar-refractivity contribution in [2.45, 2.75) is 13.5 Å². The first-order valence-electron chi connectivity index (χ1n) is 10.6. The number of barbiturate groups is 1. The Kier molecular flexibility index (Phi) is 7.82. The topological polar surface area (TPSA) is 84.9 Å². The molecule has 0 spiro atoms. The summed E-state index contributed by atoms with van der Waals surface area (Å²) in [7, 11) is 1.49. The zero-order valence-electron chi connectivity index (χ0n) is 19.1. The highest BCUT2D eigenvalue weighted by atomic mass is 79.9. The normalized spacial score (nSPS) is 14.8. The van der Waals surface area contributed by atoms with Crippen LogP contribution in [0.25, 0.3) is 6.08 Å². The summed E-state index contributed by atoms with van der Waals surface area (Å²) in [5.74, 6) is -0.713. The van der Waals surface area contributed by atoms with Crippen LogP contribution in [-0.4, -0.2) is 25.0 Å². The molecule has 0 atom stereocenters. The molecule has 0 bridgehead atoms. The number of carbonyl (C=O) groups is 3. The monoisotopic (exact) mass is 632 g/mol. The zero-order chi connectivity index (χ0) is 26.0. The molecule has 10 heteroatoms. The first-order valence-corrected chi connectivity index (χ1v) is 12.6. The molecule has 0 aromatic heterocycles. The second-order valence-corrected chi connectivity index (χ2v) is 9.95. The first-order chi connectivity index (χ1) is 17.2. The van der Waals surface area contributed by atoms with E-state index in [4.69, 9.17) is 21.1 Å². The van der Waals surface area contributed by atoms with Crippen molar-refractivity contribution in [3.63, 3.8) is 0 Å². The third-order valence-corrected chi connectivity index (χ3v) is 7.00. The fourth-order valence-electron chi connectivity index (χ4n) is 3.59. The average molecular weight is 635 g/mol. The van der Waals surface area contributed by atoms with Gasteiger partial charge >= 0.3 is 6.03 Å². The Balaban J connectivity index is 1.67. The number of nitrogens with one attached hydrogen (secondary N) is 1. The highest BCUT2D eigenvalue weighted by Gasteiger charge is 2.37. The van der Waals surface area contributed by atoms with Crippen molar-refractivity contribution in [2.75, 3.05) is 12.0 Å². The van der Waals surface area contributed by atoms with E-state index < -0.39 is 17.8 Å². The lowest BCUT2D eigenvalue weighted by Gasteiger charge is -2.27. The maximum absolute atomic E-state index is 13.3. The smallest absolute Gasteiger partial charge is 0.335 e. The molecule has 3 aromatic rings. The number of imide groups is 2. The Bertz CT molecular complexity index is 1420. The summed E-state index contributed by atoms with van der Waals surface area (Å²) in [6, 6.07) is 15.0. The van der Waals surface area contributed by atoms with Gasteiger partial charge in [-0.25, -0.2) is 9.69 Å². The molecular weight excluding hydrogens is 616 g/mol. The molecule has 1 aliphatic heterocycles. The quantitative estimate of drug-likeness (QED) is 0.250. The van der Waals surface area contributed by atoms with Gasteiger partial charge < -0.3 is 9.47 Å². The predicted molar refractivity (Wildman–Crippen MR) is 144 cm³/mol. The van der Waals surface area contributed by atoms with Crippen molar-refractivity contribution in [3.8, 4) is 11.5 Å². The number of hydrogen-bond acceptors (Lipinski definition) is 5. The molecule has 36 heavy (non-hydrogen) atoms. The van der Waals surface area contributed by atoms with Gasteiger partial charge in [-0.05, 0) is 70.4 Å². The van der Waals surface area contributed by atoms with Crippen molar-refractivity contribution in [1.82, 2.24) is 5.32 Å². The molecule has 1 heterocycles. The van der Waals surface area contributed by atoms with E-state index in [-0.39, 0.29) is 17.9 Å². The molecule has 1 N–H and O–H groups in total. The summed E-state index contributed by atoms with van der Waals surface area (Å²) in [6.45, 7) is 2.02. The van der Waals surface area contributed by atoms with E-state index in [2.05, 4.69) is 37.2 Å². The molecule has 4 rings (SSSR count). The van der Waals surface area contributed by atoms with Gasteiger partial charge in [-0.3, -0.25) is 14.9 Å². The number of carbonyl (C=O) groups excluding carboxylic acids is 3. The van der Waals surface area contributed by atoms with Gasteiger partial charge in [0.25, 0.3) is 11.8 Å². The van der Waals surface area contributed by atoms with E-state index in [9.17, 15) is 14.4 Å². The number of halogens is 3. The highest BCUT2D eigenvalue weighted by Crippen LogP contribution is 2.38. The first kappa shape index (κ1) is 25.9. The van der Waals surface area contributed by atoms with Crippen LogP contribution in [0.1, 0.15) is 16.7 Å². The molecule has 0 aliphatic carbocycles. The zero-order valence-corrected chi connectivity index (χ0v) is 23.0. The van der Waals surface area contributed by atoms with E-state index in [1.54, 1.807) is 31.2 Å². The number of nitrogens with zero attached hydrogens (tertiary/aromatic N) is 1. The van der Waals surface area contributed by atoms with Crippen LogP contribution in [-0.2, 0) is 16.2 Å². The van der Waals surface area contributed by atoms with Gasteiger partial charge in [0.15, 0.2) is 11.5 Å². The summed E-state index contributed by atoms with van der Waals surface area (Å²) in [5, 5.41) is 2.57. The average Bonchev–Trinajstić information content (AvgIpc) is 2.83. The highest BCUT2D eigenvalue weighted by molar-refractivity contribution is 9.10. The second kappa shape index (κ2) is 10.9. The largest absolute Gasteiger partial charge is 0.493 e. The molecule has 0 unspecified atom stereocenters. The second-order valence-electron chi connectivity index (χ2n) is 7.80. The Morgan fingerprint density at radius 2 is 1.78 bits per heavy atom. The molecule has 3 aromatic carbocycles. The minimum Gasteiger partial charge on any atom is -0.493 e. The summed E-state index contributed by atoms with van der Waals surface area (Å²) in [5.41, 5.74) is 2.15. The van der Waals surface area contributed by atoms with Crippen LogP contribution >= 0.6 is 43.5 Å². The molecule has 1 fully saturated rings. The van der Waals surface area contributed by atoms with Gasteiger partial charge in [0.2, 0.25) is 0 Å². The molecule has 1 saturated heterocycles. The lowest BCUT2D eigenvalue weighted by molar-refractivity contribution is -0.122. The Morgan fingerprint density at radius 1 is 1.03 bits per heavy atom. The number of amides is 4. The van der Waals surface area contributed by atoms with Crippen LogP contribution in [0, 0.1) is 6.92 Å². The van der Waals surface area contributed by atoms with Crippen molar-refractivity contribution >= 4 is 73.1 Å². The minimum atomic E-state index is -0.845. The number of benzene rings is 3. The molecule has 0 radical (unpaired) electrons. The van der Waals surface area contributed by atoms with Crippen molar-refractivity contribution < 1.29 is 23.9 Å². The van der Waals surface area contributed by atoms with Crippen LogP contribution in [0.15, 0.2) is 69.1 Å². The molecule has 0 saturated carbocycles. The van der Waals surface area contributed by atoms with E-state index >= 15 is 0 Å².